The van der Waals surface area contributed by atoms with Crippen LogP contribution in [0.15, 0.2) is 21.6 Å². The molecule has 2 heterocycles. The largest absolute Gasteiger partial charge is 0.461 e. The number of thiophene rings is 1. The first-order valence-electron chi connectivity index (χ1n) is 7.78. The number of H-pyrrole nitrogens is 2. The summed E-state index contributed by atoms with van der Waals surface area (Å²) in [7, 11) is 0. The van der Waals surface area contributed by atoms with E-state index in [0.29, 0.717) is 18.3 Å². The van der Waals surface area contributed by atoms with Gasteiger partial charge in [-0.2, -0.15) is 11.3 Å². The summed E-state index contributed by atoms with van der Waals surface area (Å²) in [5, 5.41) is 4.16. The van der Waals surface area contributed by atoms with E-state index in [-0.39, 0.29) is 18.0 Å². The number of imidazole rings is 1. The van der Waals surface area contributed by atoms with Crippen molar-refractivity contribution in [2.24, 2.45) is 0 Å². The number of esters is 1. The average Bonchev–Trinajstić information content (AvgIpc) is 3.15. The lowest BCUT2D eigenvalue weighted by molar-refractivity contribution is 0.0516. The van der Waals surface area contributed by atoms with Crippen LogP contribution in [-0.4, -0.2) is 33.5 Å². The molecule has 0 unspecified atom stereocenters. The molecule has 0 aromatic carbocycles. The average molecular weight is 337 g/mol. The fourth-order valence-corrected chi connectivity index (χ4v) is 3.02. The zero-order chi connectivity index (χ0) is 16.8. The molecule has 0 bridgehead atoms. The highest BCUT2D eigenvalue weighted by molar-refractivity contribution is 7.07. The van der Waals surface area contributed by atoms with E-state index >= 15 is 0 Å². The summed E-state index contributed by atoms with van der Waals surface area (Å²) in [6, 6.07) is 2.41. The van der Waals surface area contributed by atoms with Crippen molar-refractivity contribution in [3.63, 3.8) is 0 Å². The van der Waals surface area contributed by atoms with Gasteiger partial charge in [0.25, 0.3) is 0 Å². The monoisotopic (exact) mass is 337 g/mol. The highest BCUT2D eigenvalue weighted by atomic mass is 32.1. The van der Waals surface area contributed by atoms with Crippen molar-refractivity contribution < 1.29 is 9.53 Å². The molecule has 2 aromatic rings. The molecule has 0 fully saturated rings. The van der Waals surface area contributed by atoms with Crippen LogP contribution >= 0.6 is 11.3 Å². The Bertz CT molecular complexity index is 675. The molecule has 2 N–H and O–H groups in total. The normalized spacial score (nSPS) is 12.5. The first-order chi connectivity index (χ1) is 11.0. The molecule has 126 valence electrons. The quantitative estimate of drug-likeness (QED) is 0.726. The topological polar surface area (TPSA) is 78.2 Å². The SMILES string of the molecule is CCOC(=O)c1[nH]c(=O)[nH]c1CN(Cc1ccsc1)[C@H](C)CC. The number of nitrogens with zero attached hydrogens (tertiary/aromatic N) is 1. The number of nitrogens with one attached hydrogen (secondary N) is 2. The van der Waals surface area contributed by atoms with Gasteiger partial charge in [-0.3, -0.25) is 9.88 Å². The molecule has 0 amide bonds. The van der Waals surface area contributed by atoms with Crippen molar-refractivity contribution in [3.8, 4) is 0 Å². The summed E-state index contributed by atoms with van der Waals surface area (Å²) >= 11 is 1.66. The van der Waals surface area contributed by atoms with Crippen LogP contribution in [0.5, 0.6) is 0 Å². The van der Waals surface area contributed by atoms with Crippen molar-refractivity contribution in [2.75, 3.05) is 6.61 Å². The molecule has 23 heavy (non-hydrogen) atoms. The predicted octanol–water partition coefficient (Wildman–Crippen LogP) is 2.74. The van der Waals surface area contributed by atoms with Crippen molar-refractivity contribution >= 4 is 17.3 Å². The van der Waals surface area contributed by atoms with E-state index in [0.717, 1.165) is 13.0 Å². The summed E-state index contributed by atoms with van der Waals surface area (Å²) < 4.78 is 5.01. The maximum Gasteiger partial charge on any atom is 0.356 e. The van der Waals surface area contributed by atoms with Crippen LogP contribution in [0.25, 0.3) is 0 Å². The molecule has 0 aliphatic rings. The number of aromatic nitrogens is 2. The van der Waals surface area contributed by atoms with Crippen LogP contribution < -0.4 is 5.69 Å². The Kier molecular flexibility index (Phi) is 6.18. The molecule has 7 heteroatoms. The Morgan fingerprint density at radius 3 is 2.74 bits per heavy atom. The molecule has 2 rings (SSSR count). The zero-order valence-electron chi connectivity index (χ0n) is 13.7. The molecule has 0 saturated heterocycles. The minimum atomic E-state index is -0.500. The van der Waals surface area contributed by atoms with Gasteiger partial charge < -0.3 is 9.72 Å². The van der Waals surface area contributed by atoms with E-state index in [2.05, 4.69) is 40.2 Å². The second-order valence-corrected chi connectivity index (χ2v) is 6.23. The Balaban J connectivity index is 2.22. The lowest BCUT2D eigenvalue weighted by Gasteiger charge is -2.27. The summed E-state index contributed by atoms with van der Waals surface area (Å²) in [5.41, 5.74) is 1.63. The van der Waals surface area contributed by atoms with Crippen LogP contribution in [0.3, 0.4) is 0 Å². The number of carbonyl (C=O) groups is 1. The minimum Gasteiger partial charge on any atom is -0.461 e. The molecule has 1 atom stereocenters. The second-order valence-electron chi connectivity index (χ2n) is 5.45. The van der Waals surface area contributed by atoms with Gasteiger partial charge >= 0.3 is 11.7 Å². The van der Waals surface area contributed by atoms with E-state index in [1.54, 1.807) is 18.3 Å². The number of hydrogen-bond donors (Lipinski definition) is 2. The molecule has 0 radical (unpaired) electrons. The van der Waals surface area contributed by atoms with Crippen molar-refractivity contribution in [3.05, 3.63) is 44.3 Å². The van der Waals surface area contributed by atoms with E-state index in [9.17, 15) is 9.59 Å². The van der Waals surface area contributed by atoms with Gasteiger partial charge in [0, 0.05) is 19.1 Å². The lowest BCUT2D eigenvalue weighted by Crippen LogP contribution is -2.32. The fraction of sp³-hybridized carbons (Fsp3) is 0.500. The highest BCUT2D eigenvalue weighted by Crippen LogP contribution is 2.17. The Morgan fingerprint density at radius 1 is 1.35 bits per heavy atom. The number of rotatable bonds is 8. The molecule has 6 nitrogen and oxygen atoms in total. The third-order valence-electron chi connectivity index (χ3n) is 3.83. The van der Waals surface area contributed by atoms with Gasteiger partial charge in [-0.1, -0.05) is 6.92 Å². The Labute approximate surface area is 139 Å². The van der Waals surface area contributed by atoms with Crippen LogP contribution in [0.2, 0.25) is 0 Å². The van der Waals surface area contributed by atoms with Crippen LogP contribution in [0.4, 0.5) is 0 Å². The second kappa shape index (κ2) is 8.12. The van der Waals surface area contributed by atoms with Gasteiger partial charge in [-0.25, -0.2) is 9.59 Å². The van der Waals surface area contributed by atoms with Gasteiger partial charge in [0.2, 0.25) is 0 Å². The maximum absolute atomic E-state index is 12.0. The number of ether oxygens (including phenoxy) is 1. The molecule has 0 aliphatic carbocycles. The van der Waals surface area contributed by atoms with E-state index in [1.807, 2.05) is 5.38 Å². The zero-order valence-corrected chi connectivity index (χ0v) is 14.5. The van der Waals surface area contributed by atoms with E-state index in [4.69, 9.17) is 4.74 Å². The summed E-state index contributed by atoms with van der Waals surface area (Å²) in [5.74, 6) is -0.500. The van der Waals surface area contributed by atoms with Gasteiger partial charge in [-0.05, 0) is 42.7 Å². The molecular formula is C16H23N3O3S. The predicted molar refractivity (Wildman–Crippen MR) is 90.7 cm³/mol. The summed E-state index contributed by atoms with van der Waals surface area (Å²) in [6.07, 6.45) is 0.980. The fourth-order valence-electron chi connectivity index (χ4n) is 2.36. The molecule has 0 aliphatic heterocycles. The maximum atomic E-state index is 12.0. The number of carbonyl (C=O) groups excluding carboxylic acids is 1. The summed E-state index contributed by atoms with van der Waals surface area (Å²) in [6.45, 7) is 7.53. The third-order valence-corrected chi connectivity index (χ3v) is 4.56. The first kappa shape index (κ1) is 17.5. The molecule has 0 saturated carbocycles. The molecule has 2 aromatic heterocycles. The number of hydrogen-bond acceptors (Lipinski definition) is 5. The Hall–Kier alpha value is -1.86. The first-order valence-corrected chi connectivity index (χ1v) is 8.72. The summed E-state index contributed by atoms with van der Waals surface area (Å²) in [4.78, 5) is 31.1. The number of aromatic amines is 2. The van der Waals surface area contributed by atoms with E-state index < -0.39 is 5.97 Å². The third kappa shape index (κ3) is 4.56. The van der Waals surface area contributed by atoms with Crippen molar-refractivity contribution in [2.45, 2.75) is 46.3 Å². The van der Waals surface area contributed by atoms with Crippen molar-refractivity contribution in [1.82, 2.24) is 14.9 Å². The van der Waals surface area contributed by atoms with Gasteiger partial charge in [-0.15, -0.1) is 0 Å². The minimum absolute atomic E-state index is 0.218. The molecule has 0 spiro atoms. The van der Waals surface area contributed by atoms with Crippen LogP contribution in [0.1, 0.15) is 48.9 Å². The Morgan fingerprint density at radius 2 is 2.13 bits per heavy atom. The lowest BCUT2D eigenvalue weighted by atomic mass is 10.1. The van der Waals surface area contributed by atoms with Gasteiger partial charge in [0.05, 0.1) is 12.3 Å². The van der Waals surface area contributed by atoms with E-state index in [1.165, 1.54) is 5.56 Å². The van der Waals surface area contributed by atoms with Gasteiger partial charge in [0.15, 0.2) is 0 Å². The smallest absolute Gasteiger partial charge is 0.356 e. The van der Waals surface area contributed by atoms with Crippen LogP contribution in [0, 0.1) is 0 Å². The molecular weight excluding hydrogens is 314 g/mol. The van der Waals surface area contributed by atoms with Crippen molar-refractivity contribution in [1.29, 1.82) is 0 Å². The highest BCUT2D eigenvalue weighted by Gasteiger charge is 2.21. The van der Waals surface area contributed by atoms with Crippen LogP contribution in [-0.2, 0) is 17.8 Å². The van der Waals surface area contributed by atoms with Gasteiger partial charge in [0.1, 0.15) is 5.69 Å². The standard InChI is InChI=1S/C16H23N3O3S/c1-4-11(3)19(8-12-6-7-23-10-12)9-13-14(15(20)22-5-2)18-16(21)17-13/h6-7,10-11H,4-5,8-9H2,1-3H3,(H2,17,18,21)/t11-/m1/s1.